The van der Waals surface area contributed by atoms with Gasteiger partial charge in [-0.05, 0) is 23.6 Å². The van der Waals surface area contributed by atoms with Gasteiger partial charge >= 0.3 is 0 Å². The van der Waals surface area contributed by atoms with Crippen molar-refractivity contribution in [2.24, 2.45) is 0 Å². The van der Waals surface area contributed by atoms with Crippen molar-refractivity contribution < 1.29 is 13.3 Å². The molecule has 134 valence electrons. The summed E-state index contributed by atoms with van der Waals surface area (Å²) in [6.45, 7) is 8.03. The molecule has 1 aliphatic rings. The summed E-state index contributed by atoms with van der Waals surface area (Å²) in [6, 6.07) is 17.7. The lowest BCUT2D eigenvalue weighted by atomic mass is 10.0. The Hall–Kier alpha value is -1.69. The van der Waals surface area contributed by atoms with Crippen LogP contribution in [0.2, 0.25) is 0 Å². The lowest BCUT2D eigenvalue weighted by Gasteiger charge is -2.31. The second kappa shape index (κ2) is 7.68. The summed E-state index contributed by atoms with van der Waals surface area (Å²) < 4.78 is 27.3. The topological polar surface area (TPSA) is 41.8 Å². The Morgan fingerprint density at radius 1 is 0.960 bits per heavy atom. The fourth-order valence-electron chi connectivity index (χ4n) is 3.28. The van der Waals surface area contributed by atoms with E-state index in [1.54, 1.807) is 16.4 Å². The zero-order valence-corrected chi connectivity index (χ0v) is 15.8. The summed E-state index contributed by atoms with van der Waals surface area (Å²) in [5, 5.41) is 0. The Kier molecular flexibility index (Phi) is 5.57. The van der Waals surface area contributed by atoms with E-state index in [9.17, 15) is 8.42 Å². The summed E-state index contributed by atoms with van der Waals surface area (Å²) in [5.41, 5.74) is 2.47. The Morgan fingerprint density at radius 2 is 1.56 bits per heavy atom. The van der Waals surface area contributed by atoms with Crippen LogP contribution in [-0.2, 0) is 16.6 Å². The van der Waals surface area contributed by atoms with Gasteiger partial charge in [0.25, 0.3) is 0 Å². The maximum Gasteiger partial charge on any atom is 0.243 e. The molecule has 1 saturated heterocycles. The molecular formula is C20H27N2O2S+. The quantitative estimate of drug-likeness (QED) is 0.886. The number of sulfonamides is 1. The third-order valence-corrected chi connectivity index (χ3v) is 6.82. The fraction of sp³-hybridized carbons (Fsp3) is 0.400. The van der Waals surface area contributed by atoms with Crippen LogP contribution in [0.4, 0.5) is 0 Å². The molecule has 0 atom stereocenters. The monoisotopic (exact) mass is 359 g/mol. The molecular weight excluding hydrogens is 332 g/mol. The molecule has 0 amide bonds. The Bertz CT molecular complexity index is 778. The van der Waals surface area contributed by atoms with Gasteiger partial charge in [-0.2, -0.15) is 4.31 Å². The molecule has 1 fully saturated rings. The van der Waals surface area contributed by atoms with Gasteiger partial charge in [0.1, 0.15) is 6.54 Å². The van der Waals surface area contributed by atoms with Gasteiger partial charge in [0.05, 0.1) is 31.1 Å². The first kappa shape index (κ1) is 18.1. The fourth-order valence-corrected chi connectivity index (χ4v) is 4.72. The lowest BCUT2D eigenvalue weighted by Crippen LogP contribution is -3.13. The van der Waals surface area contributed by atoms with Gasteiger partial charge in [-0.15, -0.1) is 0 Å². The van der Waals surface area contributed by atoms with E-state index in [1.807, 2.05) is 18.2 Å². The van der Waals surface area contributed by atoms with Gasteiger partial charge in [-0.25, -0.2) is 8.42 Å². The minimum absolute atomic E-state index is 0.405. The minimum atomic E-state index is -3.38. The number of hydrogen-bond acceptors (Lipinski definition) is 2. The predicted molar refractivity (Wildman–Crippen MR) is 100 cm³/mol. The van der Waals surface area contributed by atoms with Crippen LogP contribution < -0.4 is 4.90 Å². The van der Waals surface area contributed by atoms with Gasteiger partial charge in [0.2, 0.25) is 10.0 Å². The van der Waals surface area contributed by atoms with Gasteiger partial charge in [0, 0.05) is 5.56 Å². The number of quaternary nitrogens is 1. The standard InChI is InChI=1S/C20H26N2O2S/c1-17(2)19-8-10-20(11-9-19)25(23,24)22-14-12-21(13-15-22)16-18-6-4-3-5-7-18/h3-11,17H,12-16H2,1-2H3/p+1. The largest absolute Gasteiger partial charge is 0.329 e. The number of benzene rings is 2. The van der Waals surface area contributed by atoms with Crippen molar-refractivity contribution >= 4 is 10.0 Å². The molecule has 0 aliphatic carbocycles. The van der Waals surface area contributed by atoms with Gasteiger partial charge in [-0.3, -0.25) is 0 Å². The van der Waals surface area contributed by atoms with Crippen molar-refractivity contribution in [1.82, 2.24) is 4.31 Å². The highest BCUT2D eigenvalue weighted by atomic mass is 32.2. The molecule has 25 heavy (non-hydrogen) atoms. The number of piperazine rings is 1. The zero-order valence-electron chi connectivity index (χ0n) is 15.0. The van der Waals surface area contributed by atoms with E-state index in [4.69, 9.17) is 0 Å². The molecule has 1 heterocycles. The maximum atomic E-state index is 12.9. The van der Waals surface area contributed by atoms with E-state index in [0.717, 1.165) is 25.2 Å². The molecule has 0 saturated carbocycles. The van der Waals surface area contributed by atoms with Crippen molar-refractivity contribution in [3.05, 3.63) is 65.7 Å². The third kappa shape index (κ3) is 4.29. The van der Waals surface area contributed by atoms with Crippen molar-refractivity contribution in [1.29, 1.82) is 0 Å². The highest BCUT2D eigenvalue weighted by molar-refractivity contribution is 7.89. The summed E-state index contributed by atoms with van der Waals surface area (Å²) >= 11 is 0. The van der Waals surface area contributed by atoms with Crippen LogP contribution in [-0.4, -0.2) is 38.9 Å². The van der Waals surface area contributed by atoms with Gasteiger partial charge < -0.3 is 4.90 Å². The molecule has 0 spiro atoms. The first-order chi connectivity index (χ1) is 12.0. The Labute approximate surface area is 151 Å². The van der Waals surface area contributed by atoms with Crippen LogP contribution in [0.1, 0.15) is 30.9 Å². The molecule has 2 aromatic rings. The van der Waals surface area contributed by atoms with Crippen molar-refractivity contribution in [3.8, 4) is 0 Å². The van der Waals surface area contributed by atoms with Crippen molar-refractivity contribution in [2.75, 3.05) is 26.2 Å². The maximum absolute atomic E-state index is 12.9. The number of nitrogens with one attached hydrogen (secondary N) is 1. The predicted octanol–water partition coefficient (Wildman–Crippen LogP) is 1.90. The normalized spacial score (nSPS) is 17.1. The van der Waals surface area contributed by atoms with Gasteiger partial charge in [-0.1, -0.05) is 56.3 Å². The molecule has 0 bridgehead atoms. The summed E-state index contributed by atoms with van der Waals surface area (Å²) in [7, 11) is -3.38. The van der Waals surface area contributed by atoms with E-state index in [2.05, 4.69) is 38.1 Å². The second-order valence-electron chi connectivity index (χ2n) is 7.04. The summed E-state index contributed by atoms with van der Waals surface area (Å²) in [4.78, 5) is 1.84. The van der Waals surface area contributed by atoms with E-state index in [0.29, 0.717) is 23.9 Å². The summed E-state index contributed by atoms with van der Waals surface area (Å²) in [5.74, 6) is 0.405. The lowest BCUT2D eigenvalue weighted by molar-refractivity contribution is -0.917. The number of rotatable bonds is 5. The molecule has 2 aromatic carbocycles. The SMILES string of the molecule is CC(C)c1ccc(S(=O)(=O)N2CC[NH+](Cc3ccccc3)CC2)cc1. The minimum Gasteiger partial charge on any atom is -0.329 e. The van der Waals surface area contributed by atoms with Crippen LogP contribution in [0.3, 0.4) is 0 Å². The molecule has 1 aliphatic heterocycles. The van der Waals surface area contributed by atoms with E-state index in [1.165, 1.54) is 10.5 Å². The zero-order chi connectivity index (χ0) is 17.9. The van der Waals surface area contributed by atoms with Crippen molar-refractivity contribution in [3.63, 3.8) is 0 Å². The van der Waals surface area contributed by atoms with Crippen LogP contribution in [0.5, 0.6) is 0 Å². The molecule has 0 aromatic heterocycles. The third-order valence-electron chi connectivity index (χ3n) is 4.91. The Morgan fingerprint density at radius 3 is 2.12 bits per heavy atom. The van der Waals surface area contributed by atoms with E-state index in [-0.39, 0.29) is 0 Å². The molecule has 0 radical (unpaired) electrons. The first-order valence-corrected chi connectivity index (χ1v) is 10.4. The molecule has 3 rings (SSSR count). The first-order valence-electron chi connectivity index (χ1n) is 8.94. The van der Waals surface area contributed by atoms with Crippen LogP contribution >= 0.6 is 0 Å². The molecule has 1 N–H and O–H groups in total. The highest BCUT2D eigenvalue weighted by Gasteiger charge is 2.30. The number of hydrogen-bond donors (Lipinski definition) is 1. The number of nitrogens with zero attached hydrogens (tertiary/aromatic N) is 1. The van der Waals surface area contributed by atoms with Crippen molar-refractivity contribution in [2.45, 2.75) is 31.2 Å². The summed E-state index contributed by atoms with van der Waals surface area (Å²) in [6.07, 6.45) is 0. The molecule has 5 heteroatoms. The van der Waals surface area contributed by atoms with Crippen LogP contribution in [0.25, 0.3) is 0 Å². The molecule has 0 unspecified atom stereocenters. The van der Waals surface area contributed by atoms with E-state index < -0.39 is 10.0 Å². The van der Waals surface area contributed by atoms with E-state index >= 15 is 0 Å². The van der Waals surface area contributed by atoms with Crippen LogP contribution in [0.15, 0.2) is 59.5 Å². The second-order valence-corrected chi connectivity index (χ2v) is 8.98. The average Bonchev–Trinajstić information content (AvgIpc) is 2.63. The smallest absolute Gasteiger partial charge is 0.243 e. The van der Waals surface area contributed by atoms with Gasteiger partial charge in [0.15, 0.2) is 0 Å². The molecule has 4 nitrogen and oxygen atoms in total. The highest BCUT2D eigenvalue weighted by Crippen LogP contribution is 2.20. The average molecular weight is 360 g/mol. The van der Waals surface area contributed by atoms with Crippen LogP contribution in [0, 0.1) is 0 Å². The Balaban J connectivity index is 1.63.